The van der Waals surface area contributed by atoms with Gasteiger partial charge in [-0.05, 0) is 42.0 Å². The molecule has 0 unspecified atom stereocenters. The Morgan fingerprint density at radius 1 is 1.04 bits per heavy atom. The van der Waals surface area contributed by atoms with Gasteiger partial charge in [0.25, 0.3) is 0 Å². The standard InChI is InChI=1S/C17H18N2O4S/c1-19(12-14-6-9-16(22-2)17(10-14)23-3)24(20,21)15-7-4-13(11-18)5-8-15/h4-10H,12H2,1-3H3. The van der Waals surface area contributed by atoms with Crippen molar-refractivity contribution in [3.05, 3.63) is 53.6 Å². The van der Waals surface area contributed by atoms with Crippen LogP contribution in [0.1, 0.15) is 11.1 Å². The van der Waals surface area contributed by atoms with Crippen molar-refractivity contribution in [3.63, 3.8) is 0 Å². The molecule has 0 atom stereocenters. The summed E-state index contributed by atoms with van der Waals surface area (Å²) in [7, 11) is 0.926. The molecule has 2 rings (SSSR count). The molecule has 0 radical (unpaired) electrons. The first kappa shape index (κ1) is 17.8. The van der Waals surface area contributed by atoms with Gasteiger partial charge in [-0.3, -0.25) is 0 Å². The molecule has 0 aliphatic carbocycles. The number of hydrogen-bond donors (Lipinski definition) is 0. The van der Waals surface area contributed by atoms with Gasteiger partial charge in [0.15, 0.2) is 11.5 Å². The van der Waals surface area contributed by atoms with Crippen LogP contribution in [0.15, 0.2) is 47.4 Å². The Labute approximate surface area is 141 Å². The number of rotatable bonds is 6. The van der Waals surface area contributed by atoms with Crippen molar-refractivity contribution in [1.82, 2.24) is 4.31 Å². The molecule has 0 bridgehead atoms. The minimum atomic E-state index is -3.65. The van der Waals surface area contributed by atoms with Crippen LogP contribution in [0.25, 0.3) is 0 Å². The molecule has 0 amide bonds. The lowest BCUT2D eigenvalue weighted by atomic mass is 10.2. The maximum absolute atomic E-state index is 12.6. The van der Waals surface area contributed by atoms with Gasteiger partial charge >= 0.3 is 0 Å². The van der Waals surface area contributed by atoms with Crippen molar-refractivity contribution < 1.29 is 17.9 Å². The molecule has 0 heterocycles. The first-order chi connectivity index (χ1) is 11.4. The molecule has 7 heteroatoms. The number of benzene rings is 2. The summed E-state index contributed by atoms with van der Waals surface area (Å²) in [5.74, 6) is 1.12. The molecule has 126 valence electrons. The molecule has 2 aromatic carbocycles. The average molecular weight is 346 g/mol. The summed E-state index contributed by atoms with van der Waals surface area (Å²) in [6, 6.07) is 13.0. The zero-order valence-electron chi connectivity index (χ0n) is 13.7. The number of nitriles is 1. The van der Waals surface area contributed by atoms with Crippen LogP contribution >= 0.6 is 0 Å². The van der Waals surface area contributed by atoms with E-state index in [2.05, 4.69) is 0 Å². The van der Waals surface area contributed by atoms with Crippen LogP contribution in [0.2, 0.25) is 0 Å². The molecule has 0 spiro atoms. The van der Waals surface area contributed by atoms with Crippen molar-refractivity contribution in [3.8, 4) is 17.6 Å². The van der Waals surface area contributed by atoms with E-state index in [1.54, 1.807) is 25.3 Å². The van der Waals surface area contributed by atoms with Crippen LogP contribution in [0.4, 0.5) is 0 Å². The van der Waals surface area contributed by atoms with E-state index in [1.807, 2.05) is 6.07 Å². The highest BCUT2D eigenvalue weighted by atomic mass is 32.2. The molecule has 0 saturated carbocycles. The van der Waals surface area contributed by atoms with Crippen molar-refractivity contribution in [2.75, 3.05) is 21.3 Å². The highest BCUT2D eigenvalue weighted by Crippen LogP contribution is 2.28. The smallest absolute Gasteiger partial charge is 0.243 e. The number of ether oxygens (including phenoxy) is 2. The quantitative estimate of drug-likeness (QED) is 0.802. The van der Waals surface area contributed by atoms with E-state index in [-0.39, 0.29) is 11.4 Å². The molecular weight excluding hydrogens is 328 g/mol. The van der Waals surface area contributed by atoms with E-state index in [1.165, 1.54) is 42.7 Å². The zero-order chi connectivity index (χ0) is 17.7. The summed E-state index contributed by atoms with van der Waals surface area (Å²) >= 11 is 0. The first-order valence-corrected chi connectivity index (χ1v) is 8.53. The summed E-state index contributed by atoms with van der Waals surface area (Å²) in [5.41, 5.74) is 1.18. The Balaban J connectivity index is 2.24. The minimum Gasteiger partial charge on any atom is -0.493 e. The molecule has 6 nitrogen and oxygen atoms in total. The topological polar surface area (TPSA) is 79.6 Å². The summed E-state index contributed by atoms with van der Waals surface area (Å²) in [6.07, 6.45) is 0. The SMILES string of the molecule is COc1ccc(CN(C)S(=O)(=O)c2ccc(C#N)cc2)cc1OC. The molecule has 0 aliphatic rings. The fourth-order valence-corrected chi connectivity index (χ4v) is 3.36. The second kappa shape index (κ2) is 7.34. The Morgan fingerprint density at radius 2 is 1.67 bits per heavy atom. The highest BCUT2D eigenvalue weighted by molar-refractivity contribution is 7.89. The van der Waals surface area contributed by atoms with Crippen LogP contribution in [0, 0.1) is 11.3 Å². The summed E-state index contributed by atoms with van der Waals surface area (Å²) in [6.45, 7) is 0.183. The molecular formula is C17H18N2O4S. The van der Waals surface area contributed by atoms with Gasteiger partial charge in [0, 0.05) is 13.6 Å². The molecule has 0 saturated heterocycles. The van der Waals surface area contributed by atoms with E-state index in [4.69, 9.17) is 14.7 Å². The van der Waals surface area contributed by atoms with Gasteiger partial charge in [-0.25, -0.2) is 8.42 Å². The lowest BCUT2D eigenvalue weighted by Gasteiger charge is -2.18. The third-order valence-corrected chi connectivity index (χ3v) is 5.36. The minimum absolute atomic E-state index is 0.143. The molecule has 24 heavy (non-hydrogen) atoms. The van der Waals surface area contributed by atoms with Crippen molar-refractivity contribution in [2.45, 2.75) is 11.4 Å². The third-order valence-electron chi connectivity index (χ3n) is 3.54. The third kappa shape index (κ3) is 3.67. The average Bonchev–Trinajstić information content (AvgIpc) is 2.61. The largest absolute Gasteiger partial charge is 0.493 e. The monoisotopic (exact) mass is 346 g/mol. The lowest BCUT2D eigenvalue weighted by molar-refractivity contribution is 0.354. The van der Waals surface area contributed by atoms with E-state index in [0.717, 1.165) is 5.56 Å². The molecule has 0 aromatic heterocycles. The van der Waals surface area contributed by atoms with E-state index >= 15 is 0 Å². The van der Waals surface area contributed by atoms with E-state index < -0.39 is 10.0 Å². The first-order valence-electron chi connectivity index (χ1n) is 7.09. The molecule has 2 aromatic rings. The Morgan fingerprint density at radius 3 is 2.21 bits per heavy atom. The second-order valence-electron chi connectivity index (χ2n) is 5.09. The van der Waals surface area contributed by atoms with Gasteiger partial charge in [0.1, 0.15) is 0 Å². The lowest BCUT2D eigenvalue weighted by Crippen LogP contribution is -2.26. The number of sulfonamides is 1. The van der Waals surface area contributed by atoms with Gasteiger partial charge in [-0.2, -0.15) is 9.57 Å². The fraction of sp³-hybridized carbons (Fsp3) is 0.235. The van der Waals surface area contributed by atoms with Crippen molar-refractivity contribution >= 4 is 10.0 Å². The van der Waals surface area contributed by atoms with Gasteiger partial charge in [-0.1, -0.05) is 6.07 Å². The Kier molecular flexibility index (Phi) is 5.44. The highest BCUT2D eigenvalue weighted by Gasteiger charge is 2.21. The number of nitrogens with zero attached hydrogens (tertiary/aromatic N) is 2. The van der Waals surface area contributed by atoms with Gasteiger partial charge in [0.2, 0.25) is 10.0 Å². The normalized spacial score (nSPS) is 11.1. The van der Waals surface area contributed by atoms with Gasteiger partial charge in [0.05, 0.1) is 30.7 Å². The van der Waals surface area contributed by atoms with E-state index in [0.29, 0.717) is 17.1 Å². The summed E-state index contributed by atoms with van der Waals surface area (Å²) in [4.78, 5) is 0.143. The fourth-order valence-electron chi connectivity index (χ4n) is 2.20. The van der Waals surface area contributed by atoms with Crippen molar-refractivity contribution in [2.24, 2.45) is 0 Å². The number of hydrogen-bond acceptors (Lipinski definition) is 5. The molecule has 0 N–H and O–H groups in total. The Hall–Kier alpha value is -2.56. The van der Waals surface area contributed by atoms with Crippen molar-refractivity contribution in [1.29, 1.82) is 5.26 Å². The van der Waals surface area contributed by atoms with Crippen LogP contribution in [-0.2, 0) is 16.6 Å². The maximum atomic E-state index is 12.6. The van der Waals surface area contributed by atoms with Gasteiger partial charge in [-0.15, -0.1) is 0 Å². The maximum Gasteiger partial charge on any atom is 0.243 e. The van der Waals surface area contributed by atoms with Crippen LogP contribution in [0.3, 0.4) is 0 Å². The van der Waals surface area contributed by atoms with Crippen LogP contribution in [0.5, 0.6) is 11.5 Å². The van der Waals surface area contributed by atoms with Crippen LogP contribution in [-0.4, -0.2) is 34.0 Å². The predicted molar refractivity (Wildman–Crippen MR) is 89.4 cm³/mol. The summed E-state index contributed by atoms with van der Waals surface area (Å²) in [5, 5.41) is 8.80. The van der Waals surface area contributed by atoms with E-state index in [9.17, 15) is 8.42 Å². The second-order valence-corrected chi connectivity index (χ2v) is 7.13. The molecule has 0 aliphatic heterocycles. The zero-order valence-corrected chi connectivity index (χ0v) is 14.5. The Bertz CT molecular complexity index is 855. The molecule has 0 fully saturated rings. The van der Waals surface area contributed by atoms with Crippen LogP contribution < -0.4 is 9.47 Å². The summed E-state index contributed by atoms with van der Waals surface area (Å²) < 4.78 is 36.8. The predicted octanol–water partition coefficient (Wildman–Crippen LogP) is 2.40. The number of methoxy groups -OCH3 is 2. The van der Waals surface area contributed by atoms with Gasteiger partial charge < -0.3 is 9.47 Å².